The Kier molecular flexibility index (Phi) is 7.98. The molecule has 2 aliphatic heterocycles. The van der Waals surface area contributed by atoms with Gasteiger partial charge in [0.25, 0.3) is 5.91 Å². The summed E-state index contributed by atoms with van der Waals surface area (Å²) < 4.78 is 3.91. The number of benzene rings is 1. The molecule has 188 valence electrons. The number of amides is 3. The molecule has 2 atom stereocenters. The molecule has 3 amide bonds. The zero-order valence-corrected chi connectivity index (χ0v) is 22.4. The largest absolute Gasteiger partial charge is 0.343 e. The van der Waals surface area contributed by atoms with Crippen LogP contribution in [-0.4, -0.2) is 81.3 Å². The molecule has 0 N–H and O–H groups in total. The molecule has 8 nitrogen and oxygen atoms in total. The van der Waals surface area contributed by atoms with Crippen LogP contribution in [0.1, 0.15) is 53.0 Å². The van der Waals surface area contributed by atoms with E-state index in [0.717, 1.165) is 17.1 Å². The molecule has 2 aromatic rings. The lowest BCUT2D eigenvalue weighted by molar-refractivity contribution is -0.141. The van der Waals surface area contributed by atoms with Crippen molar-refractivity contribution in [2.24, 2.45) is 5.92 Å². The molecular weight excluding hydrogens is 509 g/mol. The molecule has 2 aliphatic rings. The van der Waals surface area contributed by atoms with E-state index in [1.54, 1.807) is 36.8 Å². The Labute approximate surface area is 219 Å². The third-order valence-electron chi connectivity index (χ3n) is 7.21. The summed E-state index contributed by atoms with van der Waals surface area (Å²) in [6.07, 6.45) is 1.98. The average Bonchev–Trinajstić information content (AvgIpc) is 3.29. The van der Waals surface area contributed by atoms with Crippen LogP contribution in [0.2, 0.25) is 10.0 Å². The average molecular weight is 539 g/mol. The Bertz CT molecular complexity index is 1120. The zero-order valence-electron chi connectivity index (χ0n) is 20.0. The number of rotatable bonds is 4. The van der Waals surface area contributed by atoms with Crippen molar-refractivity contribution in [1.29, 1.82) is 0 Å². The summed E-state index contributed by atoms with van der Waals surface area (Å²) in [6.45, 7) is 5.60. The van der Waals surface area contributed by atoms with E-state index in [9.17, 15) is 14.4 Å². The van der Waals surface area contributed by atoms with Crippen LogP contribution in [0.15, 0.2) is 18.2 Å². The molecule has 0 radical (unpaired) electrons. The standard InChI is InChI=1S/C24H29Cl2N5O3S/c1-14-22(35-28-27-14)24(34)29(3)21-8-11-31(13-18(21)17-4-5-19(25)20(26)12-17)23(33)16-6-9-30(10-7-16)15(2)32/h4-5,12,16,18,21H,6-11,13H2,1-3H3. The summed E-state index contributed by atoms with van der Waals surface area (Å²) in [5, 5.41) is 4.88. The number of likely N-dealkylation sites (N-methyl/N-ethyl adjacent to an activating group) is 1. The monoisotopic (exact) mass is 537 g/mol. The first-order valence-corrected chi connectivity index (χ1v) is 13.3. The lowest BCUT2D eigenvalue weighted by Gasteiger charge is -2.44. The molecule has 2 fully saturated rings. The van der Waals surface area contributed by atoms with E-state index in [2.05, 4.69) is 9.59 Å². The molecule has 4 rings (SSSR count). The number of carbonyl (C=O) groups is 3. The molecule has 2 unspecified atom stereocenters. The van der Waals surface area contributed by atoms with Crippen molar-refractivity contribution < 1.29 is 14.4 Å². The highest BCUT2D eigenvalue weighted by Gasteiger charge is 2.39. The third kappa shape index (κ3) is 5.47. The number of nitrogens with zero attached hydrogens (tertiary/aromatic N) is 5. The van der Waals surface area contributed by atoms with E-state index in [1.807, 2.05) is 17.0 Å². The number of likely N-dealkylation sites (tertiary alicyclic amines) is 2. The van der Waals surface area contributed by atoms with Crippen LogP contribution in [0.25, 0.3) is 0 Å². The number of aromatic nitrogens is 2. The topological polar surface area (TPSA) is 86.7 Å². The van der Waals surface area contributed by atoms with Crippen LogP contribution in [0.5, 0.6) is 0 Å². The van der Waals surface area contributed by atoms with E-state index in [1.165, 1.54) is 0 Å². The maximum absolute atomic E-state index is 13.4. The van der Waals surface area contributed by atoms with Crippen molar-refractivity contribution in [1.82, 2.24) is 24.3 Å². The normalized spacial score (nSPS) is 21.2. The molecule has 1 aromatic carbocycles. The van der Waals surface area contributed by atoms with E-state index in [0.29, 0.717) is 66.1 Å². The lowest BCUT2D eigenvalue weighted by Crippen LogP contribution is -2.53. The molecule has 3 heterocycles. The molecule has 2 saturated heterocycles. The Morgan fingerprint density at radius 3 is 2.34 bits per heavy atom. The van der Waals surface area contributed by atoms with Crippen LogP contribution in [0.3, 0.4) is 0 Å². The van der Waals surface area contributed by atoms with Crippen LogP contribution in [0, 0.1) is 12.8 Å². The first kappa shape index (κ1) is 25.9. The van der Waals surface area contributed by atoms with Gasteiger partial charge in [-0.05, 0) is 55.4 Å². The quantitative estimate of drug-likeness (QED) is 0.590. The van der Waals surface area contributed by atoms with Gasteiger partial charge >= 0.3 is 0 Å². The molecule has 11 heteroatoms. The SMILES string of the molecule is CC(=O)N1CCC(C(=O)N2CCC(N(C)C(=O)c3snnc3C)C(c3ccc(Cl)c(Cl)c3)C2)CC1. The second-order valence-electron chi connectivity index (χ2n) is 9.30. The highest BCUT2D eigenvalue weighted by molar-refractivity contribution is 7.07. The second-order valence-corrected chi connectivity index (χ2v) is 10.9. The van der Waals surface area contributed by atoms with Crippen LogP contribution in [0.4, 0.5) is 0 Å². The molecule has 0 saturated carbocycles. The van der Waals surface area contributed by atoms with Gasteiger partial charge in [0.2, 0.25) is 11.8 Å². The van der Waals surface area contributed by atoms with Crippen LogP contribution in [-0.2, 0) is 9.59 Å². The van der Waals surface area contributed by atoms with Gasteiger partial charge in [-0.3, -0.25) is 14.4 Å². The summed E-state index contributed by atoms with van der Waals surface area (Å²) in [5.41, 5.74) is 1.55. The Balaban J connectivity index is 1.55. The predicted molar refractivity (Wildman–Crippen MR) is 136 cm³/mol. The number of hydrogen-bond acceptors (Lipinski definition) is 6. The fourth-order valence-electron chi connectivity index (χ4n) is 5.11. The number of carbonyl (C=O) groups excluding carboxylic acids is 3. The first-order valence-electron chi connectivity index (χ1n) is 11.7. The Hall–Kier alpha value is -2.23. The van der Waals surface area contributed by atoms with Crippen LogP contribution < -0.4 is 0 Å². The van der Waals surface area contributed by atoms with Gasteiger partial charge in [-0.2, -0.15) is 0 Å². The van der Waals surface area contributed by atoms with Gasteiger partial charge in [0.05, 0.1) is 15.7 Å². The van der Waals surface area contributed by atoms with Crippen molar-refractivity contribution in [2.45, 2.75) is 45.1 Å². The first-order chi connectivity index (χ1) is 16.7. The van der Waals surface area contributed by atoms with Crippen molar-refractivity contribution in [3.63, 3.8) is 0 Å². The van der Waals surface area contributed by atoms with E-state index < -0.39 is 0 Å². The highest BCUT2D eigenvalue weighted by Crippen LogP contribution is 2.36. The van der Waals surface area contributed by atoms with Gasteiger partial charge in [-0.1, -0.05) is 33.8 Å². The van der Waals surface area contributed by atoms with Gasteiger partial charge in [-0.15, -0.1) is 5.10 Å². The predicted octanol–water partition coefficient (Wildman–Crippen LogP) is 3.87. The van der Waals surface area contributed by atoms with E-state index in [4.69, 9.17) is 23.2 Å². The summed E-state index contributed by atoms with van der Waals surface area (Å²) in [5.74, 6) is -0.176. The van der Waals surface area contributed by atoms with Crippen molar-refractivity contribution in [3.05, 3.63) is 44.4 Å². The number of hydrogen-bond donors (Lipinski definition) is 0. The zero-order chi connectivity index (χ0) is 25.3. The van der Waals surface area contributed by atoms with Gasteiger partial charge in [0, 0.05) is 58.0 Å². The number of aryl methyl sites for hydroxylation is 1. The van der Waals surface area contributed by atoms with Gasteiger partial charge < -0.3 is 14.7 Å². The highest BCUT2D eigenvalue weighted by atomic mass is 35.5. The van der Waals surface area contributed by atoms with E-state index >= 15 is 0 Å². The minimum atomic E-state index is -0.134. The Morgan fingerprint density at radius 2 is 1.74 bits per heavy atom. The number of halogens is 2. The van der Waals surface area contributed by atoms with Gasteiger partial charge in [0.15, 0.2) is 0 Å². The molecule has 0 aliphatic carbocycles. The molecule has 0 bridgehead atoms. The molecule has 35 heavy (non-hydrogen) atoms. The Morgan fingerprint density at radius 1 is 1.06 bits per heavy atom. The fraction of sp³-hybridized carbons (Fsp3) is 0.542. The third-order valence-corrected chi connectivity index (χ3v) is 8.77. The summed E-state index contributed by atoms with van der Waals surface area (Å²) >= 11 is 13.6. The maximum atomic E-state index is 13.4. The molecular formula is C24H29Cl2N5O3S. The minimum Gasteiger partial charge on any atom is -0.343 e. The summed E-state index contributed by atoms with van der Waals surface area (Å²) in [6, 6.07) is 5.37. The molecule has 0 spiro atoms. The fourth-order valence-corrected chi connectivity index (χ4v) is 6.06. The smallest absolute Gasteiger partial charge is 0.267 e. The van der Waals surface area contributed by atoms with Gasteiger partial charge in [0.1, 0.15) is 4.88 Å². The maximum Gasteiger partial charge on any atom is 0.267 e. The van der Waals surface area contributed by atoms with Crippen molar-refractivity contribution in [3.8, 4) is 0 Å². The van der Waals surface area contributed by atoms with E-state index in [-0.39, 0.29) is 35.6 Å². The van der Waals surface area contributed by atoms with Crippen LogP contribution >= 0.6 is 34.7 Å². The van der Waals surface area contributed by atoms with Crippen molar-refractivity contribution >= 4 is 52.5 Å². The summed E-state index contributed by atoms with van der Waals surface area (Å²) in [4.78, 5) is 44.4. The van der Waals surface area contributed by atoms with Gasteiger partial charge in [-0.25, -0.2) is 0 Å². The summed E-state index contributed by atoms with van der Waals surface area (Å²) in [7, 11) is 1.80. The molecule has 1 aromatic heterocycles. The second kappa shape index (κ2) is 10.8. The number of piperidine rings is 2. The minimum absolute atomic E-state index is 0.0514. The van der Waals surface area contributed by atoms with Crippen molar-refractivity contribution in [2.75, 3.05) is 33.2 Å². The lowest BCUT2D eigenvalue weighted by atomic mass is 9.84.